The van der Waals surface area contributed by atoms with Crippen molar-refractivity contribution in [3.05, 3.63) is 99.4 Å². The van der Waals surface area contributed by atoms with Crippen LogP contribution in [0.25, 0.3) is 10.1 Å². The molecule has 0 bridgehead atoms. The first-order chi connectivity index (χ1) is 16.4. The fraction of sp³-hybridized carbons (Fsp3) is 0.0833. The molecule has 10 heteroatoms. The predicted octanol–water partition coefficient (Wildman–Crippen LogP) is 5.46. The van der Waals surface area contributed by atoms with E-state index in [0.717, 1.165) is 15.6 Å². The molecule has 0 radical (unpaired) electrons. The van der Waals surface area contributed by atoms with Gasteiger partial charge in [0.25, 0.3) is 5.69 Å². The molecule has 4 N–H and O–H groups in total. The maximum absolute atomic E-state index is 12.4. The van der Waals surface area contributed by atoms with E-state index in [9.17, 15) is 14.9 Å². The summed E-state index contributed by atoms with van der Waals surface area (Å²) in [5, 5.41) is 22.1. The molecule has 1 aromatic heterocycles. The number of amides is 1. The zero-order valence-corrected chi connectivity index (χ0v) is 18.6. The lowest BCUT2D eigenvalue weighted by atomic mass is 10.1. The number of carbonyl (C=O) groups is 1. The summed E-state index contributed by atoms with van der Waals surface area (Å²) >= 11 is 1.39. The summed E-state index contributed by atoms with van der Waals surface area (Å²) in [6, 6.07) is 22.4. The fourth-order valence-corrected chi connectivity index (χ4v) is 4.26. The number of rotatable bonds is 8. The molecule has 9 nitrogen and oxygen atoms in total. The number of thiophene rings is 1. The zero-order valence-electron chi connectivity index (χ0n) is 17.8. The Labute approximate surface area is 198 Å². The molecule has 0 aliphatic carbocycles. The van der Waals surface area contributed by atoms with Gasteiger partial charge in [-0.05, 0) is 29.8 Å². The van der Waals surface area contributed by atoms with Crippen LogP contribution >= 0.6 is 11.3 Å². The third kappa shape index (κ3) is 5.13. The number of para-hydroxylation sites is 2. The number of anilines is 1. The van der Waals surface area contributed by atoms with Gasteiger partial charge in [-0.2, -0.15) is 0 Å². The van der Waals surface area contributed by atoms with Crippen LogP contribution in [0, 0.1) is 15.5 Å². The van der Waals surface area contributed by atoms with Crippen molar-refractivity contribution in [1.82, 2.24) is 0 Å². The average Bonchev–Trinajstić information content (AvgIpc) is 3.28. The highest BCUT2D eigenvalue weighted by atomic mass is 32.1. The number of benzene rings is 3. The van der Waals surface area contributed by atoms with Crippen LogP contribution in [0.5, 0.6) is 5.75 Å². The van der Waals surface area contributed by atoms with Gasteiger partial charge < -0.3 is 15.2 Å². The van der Waals surface area contributed by atoms with E-state index in [1.54, 1.807) is 18.2 Å². The van der Waals surface area contributed by atoms with E-state index >= 15 is 0 Å². The van der Waals surface area contributed by atoms with Crippen molar-refractivity contribution in [2.24, 2.45) is 5.73 Å². The molecule has 34 heavy (non-hydrogen) atoms. The second-order valence-corrected chi connectivity index (χ2v) is 8.29. The molecule has 0 saturated heterocycles. The van der Waals surface area contributed by atoms with Gasteiger partial charge in [-0.25, -0.2) is 4.79 Å². The Morgan fingerprint density at radius 3 is 2.56 bits per heavy atom. The minimum atomic E-state index is -0.841. The lowest BCUT2D eigenvalue weighted by Crippen LogP contribution is -2.21. The number of amidine groups is 1. The SMILES string of the molecule is N=C(N)c1cc2c(O[C@@H](COC(=O)Nc3ccccc3[N+](=O)[O-])c3ccccc3)cccc2s1. The van der Waals surface area contributed by atoms with Gasteiger partial charge in [0.15, 0.2) is 6.10 Å². The van der Waals surface area contributed by atoms with Crippen LogP contribution in [0.15, 0.2) is 78.9 Å². The molecule has 0 saturated carbocycles. The van der Waals surface area contributed by atoms with Crippen molar-refractivity contribution in [3.8, 4) is 5.75 Å². The maximum Gasteiger partial charge on any atom is 0.411 e. The first-order valence-corrected chi connectivity index (χ1v) is 11.0. The third-order valence-corrected chi connectivity index (χ3v) is 6.06. The molecule has 4 rings (SSSR count). The van der Waals surface area contributed by atoms with Gasteiger partial charge in [0.1, 0.15) is 23.9 Å². The van der Waals surface area contributed by atoms with Crippen LogP contribution in [-0.4, -0.2) is 23.5 Å². The number of hydrogen-bond acceptors (Lipinski definition) is 7. The minimum Gasteiger partial charge on any atom is -0.481 e. The average molecular weight is 477 g/mol. The number of nitrogens with two attached hydrogens (primary N) is 1. The second-order valence-electron chi connectivity index (χ2n) is 7.21. The standard InChI is InChI=1S/C24H20N4O5S/c25-23(26)22-13-16-19(11-6-12-21(16)34-22)33-20(15-7-2-1-3-8-15)14-32-24(29)27-17-9-4-5-10-18(17)28(30)31/h1-13,20H,14H2,(H3,25,26)(H,27,29)/t20-/m0/s1. The van der Waals surface area contributed by atoms with Gasteiger partial charge in [-0.3, -0.25) is 20.8 Å². The van der Waals surface area contributed by atoms with Crippen molar-refractivity contribution in [3.63, 3.8) is 0 Å². The first kappa shape index (κ1) is 22.7. The van der Waals surface area contributed by atoms with E-state index in [4.69, 9.17) is 20.6 Å². The second kappa shape index (κ2) is 10.0. The number of fused-ring (bicyclic) bond motifs is 1. The number of nitro benzene ring substituents is 1. The Hall–Kier alpha value is -4.44. The highest BCUT2D eigenvalue weighted by Gasteiger charge is 2.20. The molecule has 0 aliphatic rings. The zero-order chi connectivity index (χ0) is 24.1. The normalized spacial score (nSPS) is 11.5. The van der Waals surface area contributed by atoms with E-state index in [1.165, 1.54) is 29.5 Å². The molecule has 0 unspecified atom stereocenters. The summed E-state index contributed by atoms with van der Waals surface area (Å²) in [6.07, 6.45) is -1.49. The van der Waals surface area contributed by atoms with Crippen molar-refractivity contribution in [2.45, 2.75) is 6.10 Å². The topological polar surface area (TPSA) is 141 Å². The number of hydrogen-bond donors (Lipinski definition) is 3. The number of nitrogen functional groups attached to an aromatic ring is 1. The van der Waals surface area contributed by atoms with E-state index < -0.39 is 17.1 Å². The molecular formula is C24H20N4O5S. The summed E-state index contributed by atoms with van der Waals surface area (Å²) in [6.45, 7) is -0.142. The summed E-state index contributed by atoms with van der Waals surface area (Å²) in [7, 11) is 0. The van der Waals surface area contributed by atoms with Gasteiger partial charge in [0.2, 0.25) is 0 Å². The van der Waals surface area contributed by atoms with Crippen molar-refractivity contribution >= 4 is 44.7 Å². The van der Waals surface area contributed by atoms with Crippen molar-refractivity contribution in [2.75, 3.05) is 11.9 Å². The van der Waals surface area contributed by atoms with Crippen LogP contribution < -0.4 is 15.8 Å². The monoisotopic (exact) mass is 476 g/mol. The van der Waals surface area contributed by atoms with Crippen LogP contribution in [0.3, 0.4) is 0 Å². The fourth-order valence-electron chi connectivity index (χ4n) is 3.32. The first-order valence-electron chi connectivity index (χ1n) is 10.2. The predicted molar refractivity (Wildman–Crippen MR) is 131 cm³/mol. The highest BCUT2D eigenvalue weighted by Crippen LogP contribution is 2.35. The number of ether oxygens (including phenoxy) is 2. The van der Waals surface area contributed by atoms with E-state index in [0.29, 0.717) is 10.6 Å². The molecule has 0 fully saturated rings. The number of nitro groups is 1. The molecule has 3 aromatic carbocycles. The highest BCUT2D eigenvalue weighted by molar-refractivity contribution is 7.20. The Kier molecular flexibility index (Phi) is 6.69. The summed E-state index contributed by atoms with van der Waals surface area (Å²) in [4.78, 5) is 23.6. The minimum absolute atomic E-state index is 0.0261. The summed E-state index contributed by atoms with van der Waals surface area (Å²) < 4.78 is 12.5. The van der Waals surface area contributed by atoms with Crippen LogP contribution in [0.2, 0.25) is 0 Å². The van der Waals surface area contributed by atoms with Gasteiger partial charge in [0.05, 0.1) is 9.80 Å². The van der Waals surface area contributed by atoms with Crippen molar-refractivity contribution in [1.29, 1.82) is 5.41 Å². The molecule has 1 amide bonds. The molecule has 0 spiro atoms. The Morgan fingerprint density at radius 1 is 1.09 bits per heavy atom. The van der Waals surface area contributed by atoms with Crippen LogP contribution in [0.1, 0.15) is 16.5 Å². The van der Waals surface area contributed by atoms with Crippen molar-refractivity contribution < 1.29 is 19.2 Å². The molecule has 4 aromatic rings. The smallest absolute Gasteiger partial charge is 0.411 e. The lowest BCUT2D eigenvalue weighted by Gasteiger charge is -2.20. The Balaban J connectivity index is 1.54. The Morgan fingerprint density at radius 2 is 1.82 bits per heavy atom. The molecule has 1 atom stereocenters. The molecule has 0 aliphatic heterocycles. The maximum atomic E-state index is 12.4. The van der Waals surface area contributed by atoms with Gasteiger partial charge in [-0.1, -0.05) is 48.5 Å². The third-order valence-electron chi connectivity index (χ3n) is 4.93. The lowest BCUT2D eigenvalue weighted by molar-refractivity contribution is -0.383. The van der Waals surface area contributed by atoms with Gasteiger partial charge >= 0.3 is 6.09 Å². The number of nitrogens with zero attached hydrogens (tertiary/aromatic N) is 1. The van der Waals surface area contributed by atoms with Gasteiger partial charge in [0, 0.05) is 16.2 Å². The van der Waals surface area contributed by atoms with E-state index in [1.807, 2.05) is 42.5 Å². The van der Waals surface area contributed by atoms with E-state index in [2.05, 4.69) is 5.32 Å². The summed E-state index contributed by atoms with van der Waals surface area (Å²) in [5.41, 5.74) is 6.22. The van der Waals surface area contributed by atoms with Crippen LogP contribution in [0.4, 0.5) is 16.2 Å². The molecular weight excluding hydrogens is 456 g/mol. The Bertz CT molecular complexity index is 1360. The van der Waals surface area contributed by atoms with E-state index in [-0.39, 0.29) is 23.8 Å². The number of carbonyl (C=O) groups excluding carboxylic acids is 1. The molecule has 1 heterocycles. The van der Waals surface area contributed by atoms with Gasteiger partial charge in [-0.15, -0.1) is 11.3 Å². The quantitative estimate of drug-likeness (QED) is 0.133. The largest absolute Gasteiger partial charge is 0.481 e. The summed E-state index contributed by atoms with van der Waals surface area (Å²) in [5.74, 6) is 0.527. The molecule has 172 valence electrons. The van der Waals surface area contributed by atoms with Crippen LogP contribution in [-0.2, 0) is 4.74 Å². The number of nitrogens with one attached hydrogen (secondary N) is 2.